The summed E-state index contributed by atoms with van der Waals surface area (Å²) in [6.07, 6.45) is 7.17. The van der Waals surface area contributed by atoms with Crippen molar-refractivity contribution < 1.29 is 0 Å². The van der Waals surface area contributed by atoms with Crippen LogP contribution in [-0.2, 0) is 10.8 Å². The summed E-state index contributed by atoms with van der Waals surface area (Å²) in [7, 11) is 0. The Morgan fingerprint density at radius 3 is 1.73 bits per heavy atom. The van der Waals surface area contributed by atoms with E-state index in [0.29, 0.717) is 22.5 Å². The molecule has 4 heteroatoms. The second kappa shape index (κ2) is 12.3. The molecular formula is C58H46N4. The van der Waals surface area contributed by atoms with E-state index >= 15 is 0 Å². The minimum Gasteiger partial charge on any atom is -0.309 e. The fourth-order valence-corrected chi connectivity index (χ4v) is 13.8. The number of hydrogen-bond acceptors (Lipinski definition) is 3. The monoisotopic (exact) mass is 798 g/mol. The Morgan fingerprint density at radius 1 is 0.468 bits per heavy atom. The van der Waals surface area contributed by atoms with Crippen molar-refractivity contribution in [3.05, 3.63) is 180 Å². The molecule has 0 aliphatic heterocycles. The second-order valence-electron chi connectivity index (χ2n) is 19.9. The van der Waals surface area contributed by atoms with Crippen molar-refractivity contribution >= 4 is 21.8 Å². The van der Waals surface area contributed by atoms with Crippen molar-refractivity contribution in [2.75, 3.05) is 0 Å². The van der Waals surface area contributed by atoms with Crippen molar-refractivity contribution in [3.8, 4) is 62.1 Å². The second-order valence-corrected chi connectivity index (χ2v) is 19.9. The number of benzene rings is 7. The van der Waals surface area contributed by atoms with Crippen LogP contribution in [0.25, 0.3) is 83.9 Å². The molecule has 2 heterocycles. The van der Waals surface area contributed by atoms with Crippen LogP contribution in [0.2, 0.25) is 0 Å². The molecule has 4 nitrogen and oxygen atoms in total. The zero-order valence-electron chi connectivity index (χ0n) is 35.1. The maximum atomic E-state index is 5.25. The van der Waals surface area contributed by atoms with Crippen molar-refractivity contribution in [1.29, 1.82) is 0 Å². The van der Waals surface area contributed by atoms with Gasteiger partial charge in [-0.3, -0.25) is 0 Å². The zero-order valence-corrected chi connectivity index (χ0v) is 35.1. The highest BCUT2D eigenvalue weighted by Crippen LogP contribution is 2.84. The van der Waals surface area contributed by atoms with Gasteiger partial charge in [-0.1, -0.05) is 141 Å². The highest BCUT2D eigenvalue weighted by atomic mass is 15.0. The van der Waals surface area contributed by atoms with Crippen molar-refractivity contribution in [1.82, 2.24) is 19.5 Å². The van der Waals surface area contributed by atoms with E-state index in [9.17, 15) is 0 Å². The highest BCUT2D eigenvalue weighted by Gasteiger charge is 2.77. The minimum atomic E-state index is -0.248. The number of aromatic nitrogens is 4. The maximum absolute atomic E-state index is 5.25. The largest absolute Gasteiger partial charge is 0.309 e. The Bertz CT molecular complexity index is 3310. The molecule has 298 valence electrons. The number of rotatable bonds is 6. The molecule has 62 heavy (non-hydrogen) atoms. The Morgan fingerprint density at radius 2 is 1.03 bits per heavy atom. The predicted octanol–water partition coefficient (Wildman–Crippen LogP) is 14.0. The van der Waals surface area contributed by atoms with Crippen LogP contribution in [0, 0.1) is 23.2 Å². The van der Waals surface area contributed by atoms with Gasteiger partial charge in [0.15, 0.2) is 17.5 Å². The number of fused-ring (bicyclic) bond motifs is 7. The van der Waals surface area contributed by atoms with Crippen LogP contribution in [0.15, 0.2) is 164 Å². The van der Waals surface area contributed by atoms with Crippen LogP contribution in [0.1, 0.15) is 62.6 Å². The predicted molar refractivity (Wildman–Crippen MR) is 251 cm³/mol. The first-order valence-corrected chi connectivity index (χ1v) is 22.7. The molecular weight excluding hydrogens is 753 g/mol. The fourth-order valence-electron chi connectivity index (χ4n) is 13.8. The van der Waals surface area contributed by atoms with E-state index < -0.39 is 0 Å². The summed E-state index contributed by atoms with van der Waals surface area (Å²) in [6, 6.07) is 60.0. The quantitative estimate of drug-likeness (QED) is 0.168. The number of para-hydroxylation sites is 1. The topological polar surface area (TPSA) is 43.6 Å². The smallest absolute Gasteiger partial charge is 0.164 e. The van der Waals surface area contributed by atoms with Crippen LogP contribution in [0.4, 0.5) is 0 Å². The molecule has 4 fully saturated rings. The van der Waals surface area contributed by atoms with E-state index in [0.717, 1.165) is 40.3 Å². The van der Waals surface area contributed by atoms with Crippen molar-refractivity contribution in [2.24, 2.45) is 23.2 Å². The average molecular weight is 799 g/mol. The van der Waals surface area contributed by atoms with E-state index in [-0.39, 0.29) is 5.41 Å². The van der Waals surface area contributed by atoms with Crippen LogP contribution in [0.5, 0.6) is 0 Å². The SMILES string of the molecule is CC1(C)c2cc(-c3nc(-c4ccccc4)nc(-c4ccc(C56C[C@@H]7CC8C[C@@H](C5)C87C6)cc4)n3)ccc2-c2ccc(-n3c4ccccc4c4cc(-c5ccccc5)ccc43)cc21. The molecule has 0 unspecified atom stereocenters. The molecule has 0 saturated heterocycles. The van der Waals surface area contributed by atoms with E-state index in [4.69, 9.17) is 15.0 Å². The summed E-state index contributed by atoms with van der Waals surface area (Å²) in [5.41, 5.74) is 16.7. The first-order valence-electron chi connectivity index (χ1n) is 22.7. The summed E-state index contributed by atoms with van der Waals surface area (Å²) < 4.78 is 2.44. The average Bonchev–Trinajstić information content (AvgIpc) is 4.00. The lowest BCUT2D eigenvalue weighted by Gasteiger charge is -2.66. The molecule has 0 radical (unpaired) electrons. The molecule has 2 atom stereocenters. The molecule has 5 aliphatic carbocycles. The lowest BCUT2D eigenvalue weighted by atomic mass is 9.38. The molecule has 1 spiro atoms. The highest BCUT2D eigenvalue weighted by molar-refractivity contribution is 6.10. The molecule has 14 rings (SSSR count). The van der Waals surface area contributed by atoms with Crippen LogP contribution < -0.4 is 0 Å². The first-order chi connectivity index (χ1) is 30.4. The van der Waals surface area contributed by atoms with Gasteiger partial charge in [0, 0.05) is 38.6 Å². The van der Waals surface area contributed by atoms with Crippen molar-refractivity contribution in [2.45, 2.75) is 56.8 Å². The summed E-state index contributed by atoms with van der Waals surface area (Å²) in [6.45, 7) is 4.73. The van der Waals surface area contributed by atoms with E-state index in [2.05, 4.69) is 176 Å². The van der Waals surface area contributed by atoms with E-state index in [1.165, 1.54) is 98.5 Å². The molecule has 2 bridgehead atoms. The van der Waals surface area contributed by atoms with Gasteiger partial charge in [-0.25, -0.2) is 15.0 Å². The lowest BCUT2D eigenvalue weighted by molar-refractivity contribution is -0.175. The summed E-state index contributed by atoms with van der Waals surface area (Å²) in [4.78, 5) is 15.6. The molecule has 2 aromatic heterocycles. The van der Waals surface area contributed by atoms with Gasteiger partial charge in [0.25, 0.3) is 0 Å². The van der Waals surface area contributed by atoms with Gasteiger partial charge < -0.3 is 4.57 Å². The Kier molecular flexibility index (Phi) is 6.92. The normalized spacial score (nSPS) is 24.4. The van der Waals surface area contributed by atoms with E-state index in [1.54, 1.807) is 0 Å². The van der Waals surface area contributed by atoms with Gasteiger partial charge in [0.1, 0.15) is 0 Å². The van der Waals surface area contributed by atoms with Crippen LogP contribution in [0.3, 0.4) is 0 Å². The van der Waals surface area contributed by atoms with Crippen molar-refractivity contribution in [3.63, 3.8) is 0 Å². The van der Waals surface area contributed by atoms with E-state index in [1.807, 2.05) is 6.07 Å². The third-order valence-corrected chi connectivity index (χ3v) is 16.7. The van der Waals surface area contributed by atoms with Crippen LogP contribution in [-0.4, -0.2) is 19.5 Å². The Balaban J connectivity index is 0.840. The maximum Gasteiger partial charge on any atom is 0.164 e. The Labute approximate surface area is 362 Å². The summed E-state index contributed by atoms with van der Waals surface area (Å²) in [5, 5.41) is 2.53. The molecule has 5 aliphatic rings. The lowest BCUT2D eigenvalue weighted by Crippen LogP contribution is -2.59. The minimum absolute atomic E-state index is 0.248. The first kappa shape index (κ1) is 35.0. The molecule has 9 aromatic rings. The molecule has 0 amide bonds. The third kappa shape index (κ3) is 4.65. The number of hydrogen-bond donors (Lipinski definition) is 0. The molecule has 7 aromatic carbocycles. The zero-order chi connectivity index (χ0) is 41.0. The van der Waals surface area contributed by atoms with Gasteiger partial charge in [0.05, 0.1) is 11.0 Å². The Hall–Kier alpha value is -6.65. The number of nitrogens with zero attached hydrogens (tertiary/aromatic N) is 4. The van der Waals surface area contributed by atoms with Gasteiger partial charge in [-0.2, -0.15) is 0 Å². The molecule has 0 N–H and O–H groups in total. The summed E-state index contributed by atoms with van der Waals surface area (Å²) >= 11 is 0. The van der Waals surface area contributed by atoms with Gasteiger partial charge in [-0.05, 0) is 136 Å². The molecule has 4 saturated carbocycles. The fraction of sp³-hybridized carbons (Fsp3) is 0.224. The van der Waals surface area contributed by atoms with Gasteiger partial charge >= 0.3 is 0 Å². The van der Waals surface area contributed by atoms with Gasteiger partial charge in [0.2, 0.25) is 0 Å². The van der Waals surface area contributed by atoms with Crippen LogP contribution >= 0.6 is 0 Å². The standard InChI is InChI=1S/C58H46N4/c1-56(2)49-28-39(19-24-45(49)46-25-23-44(31-50(46)56)62-51-16-10-9-15-47(51)48-27-38(20-26-52(48)62)35-11-5-3-6-12-35)55-60-53(36-13-7-4-8-14-36)59-54(61-55)37-17-21-40(22-18-37)57-32-42-29-41-30-43(33-57)58(41,42)34-57/h3-28,31,41-43H,29-30,32-34H2,1-2H3/t41?,42-,43-,57?,58?/m0/s1. The third-order valence-electron chi connectivity index (χ3n) is 16.7. The van der Waals surface area contributed by atoms with Gasteiger partial charge in [-0.15, -0.1) is 0 Å². The summed E-state index contributed by atoms with van der Waals surface area (Å²) in [5.74, 6) is 5.11.